The first-order chi connectivity index (χ1) is 15.6. The largest absolute Gasteiger partial charge is 0.480 e. The lowest BCUT2D eigenvalue weighted by Gasteiger charge is -2.17. The van der Waals surface area contributed by atoms with Crippen molar-refractivity contribution in [1.82, 2.24) is 5.32 Å². The van der Waals surface area contributed by atoms with Crippen molar-refractivity contribution in [2.75, 3.05) is 0 Å². The molecule has 0 fully saturated rings. The molecule has 0 saturated carbocycles. The molecule has 5 aromatic rings. The highest BCUT2D eigenvalue weighted by molar-refractivity contribution is 6.18. The molecule has 5 aromatic carbocycles. The molecule has 4 nitrogen and oxygen atoms in total. The highest BCUT2D eigenvalue weighted by Crippen LogP contribution is 2.28. The van der Waals surface area contributed by atoms with Crippen molar-refractivity contribution >= 4 is 44.2 Å². The first-order valence-corrected chi connectivity index (χ1v) is 10.5. The van der Waals surface area contributed by atoms with Crippen molar-refractivity contribution in [3.05, 3.63) is 108 Å². The van der Waals surface area contributed by atoms with E-state index in [1.165, 1.54) is 0 Å². The lowest BCUT2D eigenvalue weighted by atomic mass is 9.95. The van der Waals surface area contributed by atoms with Gasteiger partial charge >= 0.3 is 5.97 Å². The van der Waals surface area contributed by atoms with Gasteiger partial charge in [0, 0.05) is 6.42 Å². The number of amides is 1. The van der Waals surface area contributed by atoms with Crippen LogP contribution in [0.5, 0.6) is 0 Å². The van der Waals surface area contributed by atoms with E-state index in [4.69, 9.17) is 0 Å². The van der Waals surface area contributed by atoms with Crippen LogP contribution in [0.1, 0.15) is 15.9 Å². The molecule has 0 aliphatic heterocycles. The summed E-state index contributed by atoms with van der Waals surface area (Å²) in [6.07, 6.45) is 0.203. The summed E-state index contributed by atoms with van der Waals surface area (Å²) in [6.45, 7) is 0. The molecule has 0 heterocycles. The Labute approximate surface area is 185 Å². The van der Waals surface area contributed by atoms with Gasteiger partial charge in [-0.3, -0.25) is 4.79 Å². The Bertz CT molecular complexity index is 1430. The number of nitrogens with one attached hydrogen (secondary N) is 1. The summed E-state index contributed by atoms with van der Waals surface area (Å²) in [7, 11) is 0. The Kier molecular flexibility index (Phi) is 5.04. The van der Waals surface area contributed by atoms with E-state index in [0.29, 0.717) is 5.56 Å². The molecular weight excluding hydrogens is 398 g/mol. The summed E-state index contributed by atoms with van der Waals surface area (Å²) in [5.74, 6) is -1.44. The van der Waals surface area contributed by atoms with Crippen LogP contribution >= 0.6 is 0 Å². The van der Waals surface area contributed by atoms with Crippen LogP contribution in [0.2, 0.25) is 0 Å². The lowest BCUT2D eigenvalue weighted by molar-refractivity contribution is -0.139. The van der Waals surface area contributed by atoms with Crippen LogP contribution in [0.15, 0.2) is 97.1 Å². The molecule has 32 heavy (non-hydrogen) atoms. The van der Waals surface area contributed by atoms with Gasteiger partial charge < -0.3 is 10.4 Å². The number of benzene rings is 5. The van der Waals surface area contributed by atoms with Gasteiger partial charge in [0.15, 0.2) is 0 Å². The molecule has 4 heteroatoms. The van der Waals surface area contributed by atoms with Crippen LogP contribution in [0.4, 0.5) is 0 Å². The van der Waals surface area contributed by atoms with Gasteiger partial charge in [-0.15, -0.1) is 0 Å². The summed E-state index contributed by atoms with van der Waals surface area (Å²) >= 11 is 0. The summed E-state index contributed by atoms with van der Waals surface area (Å²) in [5.41, 5.74) is 1.36. The second kappa shape index (κ2) is 8.16. The Morgan fingerprint density at radius 2 is 1.25 bits per heavy atom. The van der Waals surface area contributed by atoms with E-state index >= 15 is 0 Å². The molecule has 0 unspecified atom stereocenters. The van der Waals surface area contributed by atoms with Gasteiger partial charge in [0.05, 0.1) is 5.56 Å². The highest BCUT2D eigenvalue weighted by atomic mass is 16.4. The van der Waals surface area contributed by atoms with Crippen LogP contribution in [0.3, 0.4) is 0 Å². The van der Waals surface area contributed by atoms with Crippen LogP contribution in [0, 0.1) is 0 Å². The Morgan fingerprint density at radius 1 is 0.688 bits per heavy atom. The minimum Gasteiger partial charge on any atom is -0.480 e. The van der Waals surface area contributed by atoms with Crippen molar-refractivity contribution in [2.24, 2.45) is 0 Å². The third-order valence-electron chi connectivity index (χ3n) is 5.86. The van der Waals surface area contributed by atoms with Crippen molar-refractivity contribution < 1.29 is 14.7 Å². The van der Waals surface area contributed by atoms with Crippen LogP contribution in [-0.4, -0.2) is 23.0 Å². The van der Waals surface area contributed by atoms with Gasteiger partial charge in [0.25, 0.3) is 5.91 Å². The molecule has 0 spiro atoms. The summed E-state index contributed by atoms with van der Waals surface area (Å²) < 4.78 is 0. The van der Waals surface area contributed by atoms with E-state index in [1.807, 2.05) is 97.1 Å². The molecule has 0 bridgehead atoms. The zero-order valence-electron chi connectivity index (χ0n) is 17.3. The number of hydrogen-bond acceptors (Lipinski definition) is 2. The zero-order valence-corrected chi connectivity index (χ0v) is 17.3. The fourth-order valence-corrected chi connectivity index (χ4v) is 4.29. The molecule has 0 aliphatic rings. The molecule has 0 radical (unpaired) electrons. The van der Waals surface area contributed by atoms with Crippen molar-refractivity contribution in [3.8, 4) is 0 Å². The summed E-state index contributed by atoms with van der Waals surface area (Å²) in [6, 6.07) is 30.2. The molecule has 0 aromatic heterocycles. The standard InChI is InChI=1S/C28H21NO3/c30-27(26-23-11-5-3-9-21(23)17-22-10-4-6-12-24(22)26)29-25(28(31)32)16-18-13-14-19-7-1-2-8-20(19)15-18/h1-15,17,25H,16H2,(H,29,30)(H,31,32)/t25-/m1/s1. The second-order valence-electron chi connectivity index (χ2n) is 7.94. The maximum Gasteiger partial charge on any atom is 0.326 e. The second-order valence-corrected chi connectivity index (χ2v) is 7.94. The van der Waals surface area contributed by atoms with Crippen LogP contribution in [0.25, 0.3) is 32.3 Å². The number of hydrogen-bond donors (Lipinski definition) is 2. The van der Waals surface area contributed by atoms with Gasteiger partial charge in [-0.05, 0) is 43.9 Å². The smallest absolute Gasteiger partial charge is 0.326 e. The highest BCUT2D eigenvalue weighted by Gasteiger charge is 2.23. The molecule has 2 N–H and O–H groups in total. The quantitative estimate of drug-likeness (QED) is 0.366. The number of carbonyl (C=O) groups excluding carboxylic acids is 1. The van der Waals surface area contributed by atoms with Gasteiger partial charge in [-0.1, -0.05) is 91.0 Å². The van der Waals surface area contributed by atoms with Crippen molar-refractivity contribution in [2.45, 2.75) is 12.5 Å². The number of fused-ring (bicyclic) bond motifs is 3. The zero-order chi connectivity index (χ0) is 22.1. The number of carboxylic acids is 1. The van der Waals surface area contributed by atoms with E-state index < -0.39 is 12.0 Å². The van der Waals surface area contributed by atoms with E-state index in [-0.39, 0.29) is 12.3 Å². The maximum atomic E-state index is 13.4. The average Bonchev–Trinajstić information content (AvgIpc) is 2.81. The van der Waals surface area contributed by atoms with Crippen molar-refractivity contribution in [3.63, 3.8) is 0 Å². The third kappa shape index (κ3) is 3.67. The number of carbonyl (C=O) groups is 2. The topological polar surface area (TPSA) is 66.4 Å². The van der Waals surface area contributed by atoms with E-state index in [1.54, 1.807) is 0 Å². The fraction of sp³-hybridized carbons (Fsp3) is 0.0714. The van der Waals surface area contributed by atoms with Gasteiger partial charge in [-0.25, -0.2) is 4.79 Å². The molecule has 0 aliphatic carbocycles. The Morgan fingerprint density at radius 3 is 1.88 bits per heavy atom. The fourth-order valence-electron chi connectivity index (χ4n) is 4.29. The van der Waals surface area contributed by atoms with Gasteiger partial charge in [-0.2, -0.15) is 0 Å². The third-order valence-corrected chi connectivity index (χ3v) is 5.86. The van der Waals surface area contributed by atoms with Crippen LogP contribution in [-0.2, 0) is 11.2 Å². The number of rotatable bonds is 5. The predicted octanol–water partition coefficient (Wildman–Crippen LogP) is 5.57. The van der Waals surface area contributed by atoms with E-state index in [9.17, 15) is 14.7 Å². The van der Waals surface area contributed by atoms with Crippen molar-refractivity contribution in [1.29, 1.82) is 0 Å². The number of aliphatic carboxylic acids is 1. The van der Waals surface area contributed by atoms with E-state index in [0.717, 1.165) is 37.9 Å². The molecule has 156 valence electrons. The monoisotopic (exact) mass is 419 g/mol. The first kappa shape index (κ1) is 19.8. The maximum absolute atomic E-state index is 13.4. The molecule has 1 atom stereocenters. The Hall–Kier alpha value is -4.18. The van der Waals surface area contributed by atoms with Crippen LogP contribution < -0.4 is 5.32 Å². The predicted molar refractivity (Wildman–Crippen MR) is 128 cm³/mol. The molecule has 0 saturated heterocycles. The first-order valence-electron chi connectivity index (χ1n) is 10.5. The lowest BCUT2D eigenvalue weighted by Crippen LogP contribution is -2.42. The molecule has 5 rings (SSSR count). The molecular formula is C28H21NO3. The van der Waals surface area contributed by atoms with Gasteiger partial charge in [0.1, 0.15) is 6.04 Å². The van der Waals surface area contributed by atoms with E-state index in [2.05, 4.69) is 5.32 Å². The van der Waals surface area contributed by atoms with Gasteiger partial charge in [0.2, 0.25) is 0 Å². The normalized spacial score (nSPS) is 12.1. The number of carboxylic acid groups (broad SMARTS) is 1. The SMILES string of the molecule is O=C(N[C@H](Cc1ccc2ccccc2c1)C(=O)O)c1c2ccccc2cc2ccccc12. The molecule has 1 amide bonds. The average molecular weight is 419 g/mol. The Balaban J connectivity index is 1.51. The minimum atomic E-state index is -1.06. The minimum absolute atomic E-state index is 0.203. The summed E-state index contributed by atoms with van der Waals surface area (Å²) in [4.78, 5) is 25.5. The summed E-state index contributed by atoms with van der Waals surface area (Å²) in [5, 5.41) is 18.3.